The maximum atomic E-state index is 5.66. The lowest BCUT2D eigenvalue weighted by atomic mass is 9.98. The van der Waals surface area contributed by atoms with Crippen LogP contribution < -0.4 is 11.3 Å². The van der Waals surface area contributed by atoms with Crippen molar-refractivity contribution in [2.75, 3.05) is 0 Å². The minimum absolute atomic E-state index is 0.185. The van der Waals surface area contributed by atoms with E-state index in [9.17, 15) is 0 Å². The minimum Gasteiger partial charge on any atom is -0.271 e. The molecule has 1 aromatic rings. The van der Waals surface area contributed by atoms with E-state index in [4.69, 9.17) is 5.84 Å². The molecule has 3 nitrogen and oxygen atoms in total. The molecule has 0 aliphatic rings. The van der Waals surface area contributed by atoms with Crippen molar-refractivity contribution in [2.45, 2.75) is 52.5 Å². The quantitative estimate of drug-likeness (QED) is 0.564. The number of nitrogens with zero attached hydrogens (tertiary/aromatic N) is 1. The van der Waals surface area contributed by atoms with Crippen molar-refractivity contribution in [3.05, 3.63) is 29.6 Å². The molecule has 1 unspecified atom stereocenters. The molecule has 0 saturated heterocycles. The number of nitrogens with two attached hydrogens (primary N) is 1. The average Bonchev–Trinajstić information content (AvgIpc) is 2.34. The molecule has 1 aromatic heterocycles. The fourth-order valence-electron chi connectivity index (χ4n) is 2.09. The Balaban J connectivity index is 2.65. The highest BCUT2D eigenvalue weighted by Gasteiger charge is 2.14. The van der Waals surface area contributed by atoms with Gasteiger partial charge >= 0.3 is 0 Å². The van der Waals surface area contributed by atoms with Gasteiger partial charge in [0.05, 0.1) is 11.7 Å². The number of hydrazine groups is 1. The summed E-state index contributed by atoms with van der Waals surface area (Å²) in [5, 5.41) is 0. The topological polar surface area (TPSA) is 50.9 Å². The molecular formula is C14H25N3. The minimum atomic E-state index is 0.185. The summed E-state index contributed by atoms with van der Waals surface area (Å²) in [6, 6.07) is 4.31. The van der Waals surface area contributed by atoms with E-state index in [0.29, 0.717) is 0 Å². The predicted molar refractivity (Wildman–Crippen MR) is 72.4 cm³/mol. The smallest absolute Gasteiger partial charge is 0.0635 e. The number of hydrogen-bond acceptors (Lipinski definition) is 3. The molecule has 17 heavy (non-hydrogen) atoms. The molecule has 0 radical (unpaired) electrons. The highest BCUT2D eigenvalue weighted by atomic mass is 15.2. The van der Waals surface area contributed by atoms with Gasteiger partial charge in [-0.1, -0.05) is 39.7 Å². The highest BCUT2D eigenvalue weighted by molar-refractivity contribution is 5.22. The fraction of sp³-hybridized carbons (Fsp3) is 0.643. The Kier molecular flexibility index (Phi) is 6.16. The summed E-state index contributed by atoms with van der Waals surface area (Å²) in [4.78, 5) is 4.48. The maximum Gasteiger partial charge on any atom is 0.0635 e. The van der Waals surface area contributed by atoms with Crippen LogP contribution in [0, 0.1) is 5.92 Å². The number of rotatable bonds is 7. The summed E-state index contributed by atoms with van der Waals surface area (Å²) in [7, 11) is 0. The van der Waals surface area contributed by atoms with Gasteiger partial charge in [-0.3, -0.25) is 16.3 Å². The Morgan fingerprint density at radius 2 is 2.12 bits per heavy atom. The van der Waals surface area contributed by atoms with Crippen LogP contribution in [0.1, 0.15) is 57.3 Å². The first-order valence-corrected chi connectivity index (χ1v) is 6.59. The molecular weight excluding hydrogens is 210 g/mol. The van der Waals surface area contributed by atoms with Crippen molar-refractivity contribution in [2.24, 2.45) is 11.8 Å². The van der Waals surface area contributed by atoms with Crippen LogP contribution in [-0.2, 0) is 6.42 Å². The SMILES string of the molecule is CCc1cccnc1C(CCCC(C)C)NN. The summed E-state index contributed by atoms with van der Waals surface area (Å²) in [5.74, 6) is 6.41. The lowest BCUT2D eigenvalue weighted by molar-refractivity contribution is 0.446. The van der Waals surface area contributed by atoms with Gasteiger partial charge in [0.25, 0.3) is 0 Å². The summed E-state index contributed by atoms with van der Waals surface area (Å²) >= 11 is 0. The number of hydrogen-bond donors (Lipinski definition) is 2. The molecule has 0 aromatic carbocycles. The third-order valence-electron chi connectivity index (χ3n) is 3.11. The van der Waals surface area contributed by atoms with Crippen LogP contribution in [0.25, 0.3) is 0 Å². The second-order valence-electron chi connectivity index (χ2n) is 4.95. The molecule has 0 amide bonds. The van der Waals surface area contributed by atoms with E-state index in [2.05, 4.69) is 37.2 Å². The molecule has 0 fully saturated rings. The predicted octanol–water partition coefficient (Wildman–Crippen LogP) is 2.97. The maximum absolute atomic E-state index is 5.66. The number of nitrogens with one attached hydrogen (secondary N) is 1. The normalized spacial score (nSPS) is 13.0. The second kappa shape index (κ2) is 7.41. The van der Waals surface area contributed by atoms with Crippen molar-refractivity contribution >= 4 is 0 Å². The zero-order valence-electron chi connectivity index (χ0n) is 11.2. The lowest BCUT2D eigenvalue weighted by Gasteiger charge is -2.18. The summed E-state index contributed by atoms with van der Waals surface area (Å²) in [6.07, 6.45) is 6.34. The standard InChI is InChI=1S/C14H25N3/c1-4-12-8-6-10-16-14(12)13(17-15)9-5-7-11(2)3/h6,8,10-11,13,17H,4-5,7,9,15H2,1-3H3. The van der Waals surface area contributed by atoms with Gasteiger partial charge in [0.15, 0.2) is 0 Å². The van der Waals surface area contributed by atoms with Crippen LogP contribution in [-0.4, -0.2) is 4.98 Å². The van der Waals surface area contributed by atoms with Gasteiger partial charge in [0, 0.05) is 6.20 Å². The van der Waals surface area contributed by atoms with Gasteiger partial charge < -0.3 is 0 Å². The van der Waals surface area contributed by atoms with Crippen molar-refractivity contribution in [1.29, 1.82) is 0 Å². The highest BCUT2D eigenvalue weighted by Crippen LogP contribution is 2.21. The van der Waals surface area contributed by atoms with E-state index in [0.717, 1.165) is 24.5 Å². The summed E-state index contributed by atoms with van der Waals surface area (Å²) in [6.45, 7) is 6.66. The third kappa shape index (κ3) is 4.44. The number of aromatic nitrogens is 1. The molecule has 0 bridgehead atoms. The van der Waals surface area contributed by atoms with Gasteiger partial charge in [0.2, 0.25) is 0 Å². The zero-order chi connectivity index (χ0) is 12.7. The molecule has 1 atom stereocenters. The van der Waals surface area contributed by atoms with Gasteiger partial charge in [-0.05, 0) is 30.4 Å². The van der Waals surface area contributed by atoms with Crippen LogP contribution in [0.15, 0.2) is 18.3 Å². The largest absolute Gasteiger partial charge is 0.271 e. The molecule has 96 valence electrons. The first kappa shape index (κ1) is 14.1. The van der Waals surface area contributed by atoms with Crippen LogP contribution in [0.2, 0.25) is 0 Å². The van der Waals surface area contributed by atoms with E-state index >= 15 is 0 Å². The first-order chi connectivity index (χ1) is 8.19. The van der Waals surface area contributed by atoms with Crippen molar-refractivity contribution in [3.8, 4) is 0 Å². The van der Waals surface area contributed by atoms with E-state index in [1.54, 1.807) is 0 Å². The van der Waals surface area contributed by atoms with Gasteiger partial charge in [-0.25, -0.2) is 0 Å². The number of aryl methyl sites for hydroxylation is 1. The summed E-state index contributed by atoms with van der Waals surface area (Å²) in [5.41, 5.74) is 5.31. The zero-order valence-corrected chi connectivity index (χ0v) is 11.2. The Bertz CT molecular complexity index is 323. The van der Waals surface area contributed by atoms with E-state index in [1.165, 1.54) is 18.4 Å². The number of pyridine rings is 1. The van der Waals surface area contributed by atoms with Crippen molar-refractivity contribution < 1.29 is 0 Å². The molecule has 3 N–H and O–H groups in total. The molecule has 0 saturated carbocycles. The molecule has 0 aliphatic heterocycles. The average molecular weight is 235 g/mol. The molecule has 1 heterocycles. The van der Waals surface area contributed by atoms with Crippen LogP contribution >= 0.6 is 0 Å². The van der Waals surface area contributed by atoms with E-state index in [1.807, 2.05) is 12.3 Å². The second-order valence-corrected chi connectivity index (χ2v) is 4.95. The van der Waals surface area contributed by atoms with Gasteiger partial charge in [0.1, 0.15) is 0 Å². The monoisotopic (exact) mass is 235 g/mol. The Labute approximate surface area is 105 Å². The fourth-order valence-corrected chi connectivity index (χ4v) is 2.09. The Morgan fingerprint density at radius 1 is 1.35 bits per heavy atom. The Hall–Kier alpha value is -0.930. The summed E-state index contributed by atoms with van der Waals surface area (Å²) < 4.78 is 0. The van der Waals surface area contributed by atoms with Crippen LogP contribution in [0.4, 0.5) is 0 Å². The molecule has 0 aliphatic carbocycles. The van der Waals surface area contributed by atoms with Crippen molar-refractivity contribution in [3.63, 3.8) is 0 Å². The van der Waals surface area contributed by atoms with Gasteiger partial charge in [-0.15, -0.1) is 0 Å². The lowest BCUT2D eigenvalue weighted by Crippen LogP contribution is -2.29. The van der Waals surface area contributed by atoms with Crippen LogP contribution in [0.5, 0.6) is 0 Å². The third-order valence-corrected chi connectivity index (χ3v) is 3.11. The van der Waals surface area contributed by atoms with E-state index in [-0.39, 0.29) is 6.04 Å². The Morgan fingerprint density at radius 3 is 2.71 bits per heavy atom. The van der Waals surface area contributed by atoms with E-state index < -0.39 is 0 Å². The van der Waals surface area contributed by atoms with Crippen LogP contribution in [0.3, 0.4) is 0 Å². The van der Waals surface area contributed by atoms with Gasteiger partial charge in [-0.2, -0.15) is 0 Å². The molecule has 1 rings (SSSR count). The molecule has 0 spiro atoms. The first-order valence-electron chi connectivity index (χ1n) is 6.59. The molecule has 3 heteroatoms. The van der Waals surface area contributed by atoms with Crippen molar-refractivity contribution in [1.82, 2.24) is 10.4 Å².